The fourth-order valence-electron chi connectivity index (χ4n) is 1.86. The molecule has 1 aromatic carbocycles. The third kappa shape index (κ3) is 1.64. The number of aromatic nitrogens is 4. The van der Waals surface area contributed by atoms with Gasteiger partial charge in [-0.1, -0.05) is 0 Å². The Bertz CT molecular complexity index is 855. The molecule has 9 heteroatoms. The summed E-state index contributed by atoms with van der Waals surface area (Å²) in [6, 6.07) is 5.21. The van der Waals surface area contributed by atoms with Crippen LogP contribution in [0.5, 0.6) is 11.5 Å². The number of nitrogens with one attached hydrogen (secondary N) is 2. The highest BCUT2D eigenvalue weighted by Crippen LogP contribution is 2.34. The van der Waals surface area contributed by atoms with Crippen molar-refractivity contribution in [3.05, 3.63) is 28.6 Å². The highest BCUT2D eigenvalue weighted by molar-refractivity contribution is 5.68. The first-order valence-corrected chi connectivity index (χ1v) is 5.69. The monoisotopic (exact) mass is 273 g/mol. The van der Waals surface area contributed by atoms with Gasteiger partial charge in [-0.05, 0) is 22.4 Å². The number of aromatic amines is 1. The first kappa shape index (κ1) is 10.8. The largest absolute Gasteiger partial charge is 0.454 e. The summed E-state index contributed by atoms with van der Waals surface area (Å²) in [7, 11) is 0. The van der Waals surface area contributed by atoms with E-state index < -0.39 is 5.56 Å². The lowest BCUT2D eigenvalue weighted by Crippen LogP contribution is -2.13. The van der Waals surface area contributed by atoms with E-state index in [0.29, 0.717) is 17.2 Å². The van der Waals surface area contributed by atoms with E-state index in [1.54, 1.807) is 18.2 Å². The zero-order chi connectivity index (χ0) is 13.5. The summed E-state index contributed by atoms with van der Waals surface area (Å²) < 4.78 is 15.0. The number of ether oxygens (including phenoxy) is 2. The predicted molar refractivity (Wildman–Crippen MR) is 66.1 cm³/mol. The molecule has 0 saturated heterocycles. The standard InChI is InChI=1S/C11H7N5O4/c17-11-10(13-8-9(14-11)16-20-15-8)12-5-1-2-6-7(3-5)19-4-18-6/h1-3H,4H2,(H,12,13,15)(H,14,16,17). The number of hydrogen-bond acceptors (Lipinski definition) is 8. The molecule has 1 aliphatic rings. The zero-order valence-electron chi connectivity index (χ0n) is 9.91. The minimum Gasteiger partial charge on any atom is -0.454 e. The Labute approximate surface area is 110 Å². The highest BCUT2D eigenvalue weighted by atomic mass is 16.7. The molecule has 100 valence electrons. The number of hydrogen-bond donors (Lipinski definition) is 2. The molecule has 3 aromatic rings. The molecule has 2 N–H and O–H groups in total. The SMILES string of the molecule is O=c1[nH]c2nonc2nc1Nc1ccc2c(c1)OCO2. The Kier molecular flexibility index (Phi) is 2.13. The quantitative estimate of drug-likeness (QED) is 0.703. The van der Waals surface area contributed by atoms with Gasteiger partial charge in [-0.2, -0.15) is 4.98 Å². The molecule has 0 radical (unpaired) electrons. The average Bonchev–Trinajstić information content (AvgIpc) is 3.06. The number of fused-ring (bicyclic) bond motifs is 2. The lowest BCUT2D eigenvalue weighted by molar-refractivity contribution is 0.174. The van der Waals surface area contributed by atoms with Gasteiger partial charge in [-0.3, -0.25) is 9.78 Å². The molecule has 0 amide bonds. The second-order valence-electron chi connectivity index (χ2n) is 4.04. The molecular weight excluding hydrogens is 266 g/mol. The van der Waals surface area contributed by atoms with Gasteiger partial charge in [0.05, 0.1) is 0 Å². The number of rotatable bonds is 2. The van der Waals surface area contributed by atoms with Crippen LogP contribution in [0.1, 0.15) is 0 Å². The number of benzene rings is 1. The molecule has 9 nitrogen and oxygen atoms in total. The van der Waals surface area contributed by atoms with Crippen molar-refractivity contribution in [2.24, 2.45) is 0 Å². The van der Waals surface area contributed by atoms with Crippen molar-refractivity contribution in [1.82, 2.24) is 20.3 Å². The molecule has 2 aromatic heterocycles. The number of anilines is 2. The van der Waals surface area contributed by atoms with Crippen LogP contribution < -0.4 is 20.3 Å². The normalized spacial score (nSPS) is 12.8. The fourth-order valence-corrected chi connectivity index (χ4v) is 1.86. The molecule has 0 bridgehead atoms. The molecule has 0 unspecified atom stereocenters. The topological polar surface area (TPSA) is 115 Å². The van der Waals surface area contributed by atoms with Crippen LogP contribution in [0, 0.1) is 0 Å². The first-order chi connectivity index (χ1) is 9.79. The van der Waals surface area contributed by atoms with Gasteiger partial charge in [-0.15, -0.1) is 0 Å². The molecule has 3 heterocycles. The van der Waals surface area contributed by atoms with E-state index in [9.17, 15) is 4.79 Å². The second-order valence-corrected chi connectivity index (χ2v) is 4.04. The van der Waals surface area contributed by atoms with E-state index in [1.165, 1.54) is 0 Å². The van der Waals surface area contributed by atoms with Crippen LogP contribution in [0.4, 0.5) is 11.5 Å². The molecule has 0 atom stereocenters. The van der Waals surface area contributed by atoms with E-state index in [4.69, 9.17) is 9.47 Å². The Balaban J connectivity index is 1.73. The van der Waals surface area contributed by atoms with Crippen LogP contribution in [-0.2, 0) is 0 Å². The van der Waals surface area contributed by atoms with Crippen LogP contribution in [0.15, 0.2) is 27.6 Å². The van der Waals surface area contributed by atoms with Crippen molar-refractivity contribution < 1.29 is 14.1 Å². The maximum atomic E-state index is 11.8. The molecular formula is C11H7N5O4. The third-order valence-corrected chi connectivity index (χ3v) is 2.77. The maximum Gasteiger partial charge on any atom is 0.292 e. The lowest BCUT2D eigenvalue weighted by atomic mass is 10.3. The Morgan fingerprint density at radius 1 is 1.20 bits per heavy atom. The van der Waals surface area contributed by atoms with Crippen molar-refractivity contribution >= 4 is 22.8 Å². The van der Waals surface area contributed by atoms with Gasteiger partial charge in [-0.25, -0.2) is 4.63 Å². The van der Waals surface area contributed by atoms with Crippen LogP contribution in [0.2, 0.25) is 0 Å². The van der Waals surface area contributed by atoms with Gasteiger partial charge >= 0.3 is 0 Å². The number of H-pyrrole nitrogens is 1. The van der Waals surface area contributed by atoms with Crippen molar-refractivity contribution in [3.8, 4) is 11.5 Å². The summed E-state index contributed by atoms with van der Waals surface area (Å²) in [6.07, 6.45) is 0. The smallest absolute Gasteiger partial charge is 0.292 e. The molecule has 4 rings (SSSR count). The van der Waals surface area contributed by atoms with E-state index in [-0.39, 0.29) is 23.9 Å². The summed E-state index contributed by atoms with van der Waals surface area (Å²) in [5, 5.41) is 9.96. The van der Waals surface area contributed by atoms with Gasteiger partial charge in [0, 0.05) is 11.8 Å². The average molecular weight is 273 g/mol. The predicted octanol–water partition coefficient (Wildman–Crippen LogP) is 0.778. The van der Waals surface area contributed by atoms with E-state index in [1.807, 2.05) is 0 Å². The number of nitrogens with zero attached hydrogens (tertiary/aromatic N) is 3. The van der Waals surface area contributed by atoms with Gasteiger partial charge in [0.25, 0.3) is 5.56 Å². The summed E-state index contributed by atoms with van der Waals surface area (Å²) in [5.74, 6) is 1.36. The molecule has 0 spiro atoms. The molecule has 1 aliphatic heterocycles. The van der Waals surface area contributed by atoms with E-state index in [2.05, 4.69) is 30.2 Å². The summed E-state index contributed by atoms with van der Waals surface area (Å²) in [4.78, 5) is 18.4. The Hall–Kier alpha value is -3.10. The van der Waals surface area contributed by atoms with Gasteiger partial charge in [0.2, 0.25) is 18.1 Å². The van der Waals surface area contributed by atoms with Crippen LogP contribution in [0.25, 0.3) is 11.3 Å². The minimum absolute atomic E-state index is 0.0899. The van der Waals surface area contributed by atoms with Crippen molar-refractivity contribution in [1.29, 1.82) is 0 Å². The van der Waals surface area contributed by atoms with Crippen LogP contribution in [-0.4, -0.2) is 27.1 Å². The van der Waals surface area contributed by atoms with E-state index >= 15 is 0 Å². The van der Waals surface area contributed by atoms with Crippen molar-refractivity contribution in [2.45, 2.75) is 0 Å². The highest BCUT2D eigenvalue weighted by Gasteiger charge is 2.14. The molecule has 0 aliphatic carbocycles. The van der Waals surface area contributed by atoms with Gasteiger partial charge in [0.15, 0.2) is 17.3 Å². The van der Waals surface area contributed by atoms with Crippen LogP contribution in [0.3, 0.4) is 0 Å². The molecule has 0 saturated carbocycles. The van der Waals surface area contributed by atoms with Crippen LogP contribution >= 0.6 is 0 Å². The van der Waals surface area contributed by atoms with Crippen molar-refractivity contribution in [3.63, 3.8) is 0 Å². The Morgan fingerprint density at radius 3 is 3.05 bits per heavy atom. The molecule has 0 fully saturated rings. The third-order valence-electron chi connectivity index (χ3n) is 2.77. The van der Waals surface area contributed by atoms with Gasteiger partial charge < -0.3 is 14.8 Å². The van der Waals surface area contributed by atoms with E-state index in [0.717, 1.165) is 0 Å². The maximum absolute atomic E-state index is 11.8. The molecule has 20 heavy (non-hydrogen) atoms. The Morgan fingerprint density at radius 2 is 2.10 bits per heavy atom. The van der Waals surface area contributed by atoms with Crippen molar-refractivity contribution in [2.75, 3.05) is 12.1 Å². The minimum atomic E-state index is -0.425. The zero-order valence-corrected chi connectivity index (χ0v) is 9.91. The lowest BCUT2D eigenvalue weighted by Gasteiger charge is -2.05. The second kappa shape index (κ2) is 3.95. The first-order valence-electron chi connectivity index (χ1n) is 5.69. The summed E-state index contributed by atoms with van der Waals surface area (Å²) >= 11 is 0. The fraction of sp³-hybridized carbons (Fsp3) is 0.0909. The summed E-state index contributed by atoms with van der Waals surface area (Å²) in [5.41, 5.74) is 0.632. The van der Waals surface area contributed by atoms with Gasteiger partial charge in [0.1, 0.15) is 0 Å². The summed E-state index contributed by atoms with van der Waals surface area (Å²) in [6.45, 7) is 0.189.